The zero-order valence-corrected chi connectivity index (χ0v) is 13.0. The highest BCUT2D eigenvalue weighted by Crippen LogP contribution is 2.30. The molecule has 21 heavy (non-hydrogen) atoms. The number of carboxylic acids is 1. The van der Waals surface area contributed by atoms with Crippen LogP contribution in [0.25, 0.3) is 0 Å². The molecule has 3 rings (SSSR count). The van der Waals surface area contributed by atoms with Crippen LogP contribution in [0.5, 0.6) is 0 Å². The van der Waals surface area contributed by atoms with Gasteiger partial charge in [0.15, 0.2) is 0 Å². The molecule has 2 saturated carbocycles. The molecule has 2 aliphatic carbocycles. The van der Waals surface area contributed by atoms with Gasteiger partial charge in [0, 0.05) is 18.6 Å². The van der Waals surface area contributed by atoms with Gasteiger partial charge in [0.2, 0.25) is 0 Å². The SMILES string of the molecule is CC(CCCN1CCOC2CCCC21)(NC1CC1)C(=O)O. The Morgan fingerprint density at radius 1 is 1.38 bits per heavy atom. The third kappa shape index (κ3) is 3.58. The maximum atomic E-state index is 11.6. The van der Waals surface area contributed by atoms with E-state index in [9.17, 15) is 9.90 Å². The number of nitrogens with one attached hydrogen (secondary N) is 1. The number of fused-ring (bicyclic) bond motifs is 1. The van der Waals surface area contributed by atoms with Crippen molar-refractivity contribution in [2.45, 2.75) is 75.6 Å². The second-order valence-corrected chi connectivity index (χ2v) is 7.10. The first-order chi connectivity index (χ1) is 10.1. The van der Waals surface area contributed by atoms with Gasteiger partial charge in [0.05, 0.1) is 12.7 Å². The molecule has 0 radical (unpaired) electrons. The minimum atomic E-state index is -0.761. The van der Waals surface area contributed by atoms with Crippen molar-refractivity contribution in [3.8, 4) is 0 Å². The molecule has 1 heterocycles. The lowest BCUT2D eigenvalue weighted by atomic mass is 9.95. The summed E-state index contributed by atoms with van der Waals surface area (Å²) in [6.07, 6.45) is 8.00. The average Bonchev–Trinajstić information content (AvgIpc) is 3.12. The van der Waals surface area contributed by atoms with Crippen LogP contribution in [0.1, 0.15) is 51.9 Å². The van der Waals surface area contributed by atoms with E-state index < -0.39 is 11.5 Å². The molecule has 3 aliphatic rings. The van der Waals surface area contributed by atoms with Crippen LogP contribution in [-0.4, -0.2) is 59.4 Å². The van der Waals surface area contributed by atoms with E-state index >= 15 is 0 Å². The summed E-state index contributed by atoms with van der Waals surface area (Å²) in [6, 6.07) is 1.000. The molecule has 0 amide bonds. The van der Waals surface area contributed by atoms with Crippen molar-refractivity contribution >= 4 is 5.97 Å². The van der Waals surface area contributed by atoms with Crippen molar-refractivity contribution in [3.63, 3.8) is 0 Å². The number of hydrogen-bond donors (Lipinski definition) is 2. The van der Waals surface area contributed by atoms with Crippen molar-refractivity contribution in [3.05, 3.63) is 0 Å². The number of rotatable bonds is 7. The fourth-order valence-electron chi connectivity index (χ4n) is 3.84. The Morgan fingerprint density at radius 2 is 2.19 bits per heavy atom. The molecular formula is C16H28N2O3. The summed E-state index contributed by atoms with van der Waals surface area (Å²) in [4.78, 5) is 14.1. The summed E-state index contributed by atoms with van der Waals surface area (Å²) in [6.45, 7) is 4.67. The van der Waals surface area contributed by atoms with Gasteiger partial charge >= 0.3 is 5.97 Å². The summed E-state index contributed by atoms with van der Waals surface area (Å²) in [5, 5.41) is 12.8. The maximum absolute atomic E-state index is 11.6. The Morgan fingerprint density at radius 3 is 2.90 bits per heavy atom. The van der Waals surface area contributed by atoms with Crippen molar-refractivity contribution in [1.82, 2.24) is 10.2 Å². The largest absolute Gasteiger partial charge is 0.480 e. The molecule has 0 spiro atoms. The van der Waals surface area contributed by atoms with E-state index in [-0.39, 0.29) is 0 Å². The molecule has 2 N–H and O–H groups in total. The van der Waals surface area contributed by atoms with Gasteiger partial charge in [-0.3, -0.25) is 15.0 Å². The minimum absolute atomic E-state index is 0.425. The smallest absolute Gasteiger partial charge is 0.323 e. The number of hydrogen-bond acceptors (Lipinski definition) is 4. The average molecular weight is 296 g/mol. The lowest BCUT2D eigenvalue weighted by Gasteiger charge is -2.38. The van der Waals surface area contributed by atoms with Crippen LogP contribution in [0.2, 0.25) is 0 Å². The third-order valence-corrected chi connectivity index (χ3v) is 5.29. The maximum Gasteiger partial charge on any atom is 0.323 e. The molecule has 120 valence electrons. The Hall–Kier alpha value is -0.650. The van der Waals surface area contributed by atoms with Crippen LogP contribution >= 0.6 is 0 Å². The van der Waals surface area contributed by atoms with Gasteiger partial charge < -0.3 is 9.84 Å². The number of aliphatic carboxylic acids is 1. The molecule has 0 bridgehead atoms. The predicted octanol–water partition coefficient (Wildman–Crippen LogP) is 1.62. The van der Waals surface area contributed by atoms with E-state index in [0.717, 1.165) is 39.0 Å². The van der Waals surface area contributed by atoms with Gasteiger partial charge in [-0.05, 0) is 58.4 Å². The topological polar surface area (TPSA) is 61.8 Å². The molecule has 5 heteroatoms. The van der Waals surface area contributed by atoms with Crippen molar-refractivity contribution in [1.29, 1.82) is 0 Å². The molecule has 3 atom stereocenters. The molecule has 0 aromatic rings. The second kappa shape index (κ2) is 6.23. The van der Waals surface area contributed by atoms with Gasteiger partial charge in [0.1, 0.15) is 5.54 Å². The van der Waals surface area contributed by atoms with E-state index in [1.54, 1.807) is 0 Å². The summed E-state index contributed by atoms with van der Waals surface area (Å²) >= 11 is 0. The quantitative estimate of drug-likeness (QED) is 0.747. The monoisotopic (exact) mass is 296 g/mol. The lowest BCUT2D eigenvalue weighted by molar-refractivity contribution is -0.144. The van der Waals surface area contributed by atoms with E-state index in [0.29, 0.717) is 24.6 Å². The van der Waals surface area contributed by atoms with Gasteiger partial charge in [0.25, 0.3) is 0 Å². The van der Waals surface area contributed by atoms with Crippen LogP contribution < -0.4 is 5.32 Å². The first-order valence-electron chi connectivity index (χ1n) is 8.45. The highest BCUT2D eigenvalue weighted by atomic mass is 16.5. The van der Waals surface area contributed by atoms with Crippen LogP contribution in [0.3, 0.4) is 0 Å². The fraction of sp³-hybridized carbons (Fsp3) is 0.938. The molecule has 0 aromatic carbocycles. The normalized spacial score (nSPS) is 32.6. The first kappa shape index (κ1) is 15.3. The zero-order valence-electron chi connectivity index (χ0n) is 13.0. The van der Waals surface area contributed by atoms with Crippen LogP contribution in [-0.2, 0) is 9.53 Å². The standard InChI is InChI=1S/C16H28N2O3/c1-16(15(19)20,17-12-6-7-12)8-3-9-18-10-11-21-14-5-2-4-13(14)18/h12-14,17H,2-11H2,1H3,(H,19,20). The molecular weight excluding hydrogens is 268 g/mol. The van der Waals surface area contributed by atoms with Crippen molar-refractivity contribution < 1.29 is 14.6 Å². The summed E-state index contributed by atoms with van der Waals surface area (Å²) in [5.41, 5.74) is -0.761. The van der Waals surface area contributed by atoms with Crippen LogP contribution in [0.4, 0.5) is 0 Å². The number of nitrogens with zero attached hydrogens (tertiary/aromatic N) is 1. The predicted molar refractivity (Wildman–Crippen MR) is 80.4 cm³/mol. The summed E-state index contributed by atoms with van der Waals surface area (Å²) in [5.74, 6) is -0.713. The van der Waals surface area contributed by atoms with E-state index in [2.05, 4.69) is 10.2 Å². The summed E-state index contributed by atoms with van der Waals surface area (Å²) < 4.78 is 5.83. The molecule has 3 fully saturated rings. The van der Waals surface area contributed by atoms with E-state index in [1.807, 2.05) is 6.92 Å². The Kier molecular flexibility index (Phi) is 4.52. The van der Waals surface area contributed by atoms with Crippen molar-refractivity contribution in [2.75, 3.05) is 19.7 Å². The lowest BCUT2D eigenvalue weighted by Crippen LogP contribution is -2.52. The number of ether oxygens (including phenoxy) is 1. The fourth-order valence-corrected chi connectivity index (χ4v) is 3.84. The number of morpholine rings is 1. The summed E-state index contributed by atoms with van der Waals surface area (Å²) in [7, 11) is 0. The van der Waals surface area contributed by atoms with Gasteiger partial charge in [-0.2, -0.15) is 0 Å². The Bertz CT molecular complexity index is 386. The second-order valence-electron chi connectivity index (χ2n) is 7.10. The van der Waals surface area contributed by atoms with Gasteiger partial charge in [-0.1, -0.05) is 0 Å². The first-order valence-corrected chi connectivity index (χ1v) is 8.45. The third-order valence-electron chi connectivity index (χ3n) is 5.29. The van der Waals surface area contributed by atoms with Gasteiger partial charge in [-0.25, -0.2) is 0 Å². The van der Waals surface area contributed by atoms with E-state index in [1.165, 1.54) is 19.3 Å². The number of carboxylic acid groups (broad SMARTS) is 1. The zero-order chi connectivity index (χ0) is 14.9. The number of carbonyl (C=O) groups is 1. The highest BCUT2D eigenvalue weighted by molar-refractivity contribution is 5.78. The molecule has 0 aromatic heterocycles. The highest BCUT2D eigenvalue weighted by Gasteiger charge is 2.39. The van der Waals surface area contributed by atoms with Gasteiger partial charge in [-0.15, -0.1) is 0 Å². The van der Waals surface area contributed by atoms with Crippen LogP contribution in [0.15, 0.2) is 0 Å². The molecule has 1 aliphatic heterocycles. The molecule has 3 unspecified atom stereocenters. The molecule has 5 nitrogen and oxygen atoms in total. The molecule has 1 saturated heterocycles. The Balaban J connectivity index is 1.48. The minimum Gasteiger partial charge on any atom is -0.480 e. The van der Waals surface area contributed by atoms with Crippen LogP contribution in [0, 0.1) is 0 Å². The van der Waals surface area contributed by atoms with E-state index in [4.69, 9.17) is 4.74 Å². The van der Waals surface area contributed by atoms with Crippen molar-refractivity contribution in [2.24, 2.45) is 0 Å². The Labute approximate surface area is 127 Å².